The number of anilines is 2. The Morgan fingerprint density at radius 2 is 1.31 bits per heavy atom. The predicted molar refractivity (Wildman–Crippen MR) is 116 cm³/mol. The molecule has 0 aliphatic carbocycles. The zero-order valence-electron chi connectivity index (χ0n) is 16.2. The molecule has 1 aliphatic rings. The normalized spacial score (nSPS) is 13.4. The first-order valence-corrected chi connectivity index (χ1v) is 9.50. The monoisotopic (exact) mass is 382 g/mol. The van der Waals surface area contributed by atoms with E-state index in [1.54, 1.807) is 4.57 Å². The molecule has 4 aromatic rings. The van der Waals surface area contributed by atoms with Crippen LogP contribution in [-0.2, 0) is 0 Å². The molecule has 142 valence electrons. The highest BCUT2D eigenvalue weighted by molar-refractivity contribution is 5.99. The quantitative estimate of drug-likeness (QED) is 0.479. The third-order valence-electron chi connectivity index (χ3n) is 5.25. The lowest BCUT2D eigenvalue weighted by atomic mass is 10.1. The van der Waals surface area contributed by atoms with Crippen LogP contribution in [0.25, 0.3) is 16.5 Å². The average molecular weight is 382 g/mol. The fourth-order valence-corrected chi connectivity index (χ4v) is 3.79. The molecule has 0 bridgehead atoms. The molecule has 0 N–H and O–H groups in total. The molecule has 0 radical (unpaired) electrons. The van der Waals surface area contributed by atoms with Crippen LogP contribution in [0, 0.1) is 0 Å². The minimum atomic E-state index is -0.101. The molecule has 0 unspecified atom stereocenters. The van der Waals surface area contributed by atoms with Crippen LogP contribution < -0.4 is 15.3 Å². The minimum absolute atomic E-state index is 0.101. The van der Waals surface area contributed by atoms with Crippen molar-refractivity contribution in [2.45, 2.75) is 6.92 Å². The van der Waals surface area contributed by atoms with Gasteiger partial charge in [0.05, 0.1) is 18.0 Å². The molecule has 2 heterocycles. The summed E-state index contributed by atoms with van der Waals surface area (Å²) >= 11 is 0. The number of hydrogen-bond donors (Lipinski definition) is 0. The summed E-state index contributed by atoms with van der Waals surface area (Å²) < 4.78 is 9.85. The molecule has 0 saturated carbocycles. The van der Waals surface area contributed by atoms with Gasteiger partial charge < -0.3 is 4.74 Å². The van der Waals surface area contributed by atoms with Gasteiger partial charge in [0.2, 0.25) is 5.88 Å². The van der Waals surface area contributed by atoms with E-state index in [0.717, 1.165) is 22.4 Å². The second-order valence-electron chi connectivity index (χ2n) is 6.97. The smallest absolute Gasteiger partial charge is 0.369 e. The number of pyridine rings is 1. The van der Waals surface area contributed by atoms with Gasteiger partial charge in [-0.1, -0.05) is 59.3 Å². The van der Waals surface area contributed by atoms with Crippen molar-refractivity contribution in [3.63, 3.8) is 0 Å². The molecule has 1 aliphatic heterocycles. The van der Waals surface area contributed by atoms with Crippen molar-refractivity contribution in [3.05, 3.63) is 95.3 Å². The Balaban J connectivity index is 1.95. The lowest BCUT2D eigenvalue weighted by Crippen LogP contribution is -2.40. The second kappa shape index (κ2) is 6.63. The third kappa shape index (κ3) is 2.63. The average Bonchev–Trinajstić information content (AvgIpc) is 2.77. The number of nitrogens with zero attached hydrogens (tertiary/aromatic N) is 3. The molecule has 29 heavy (non-hydrogen) atoms. The van der Waals surface area contributed by atoms with E-state index in [4.69, 9.17) is 4.74 Å². The zero-order chi connectivity index (χ0) is 20.0. The van der Waals surface area contributed by atoms with Gasteiger partial charge in [-0.05, 0) is 30.3 Å². The van der Waals surface area contributed by atoms with Gasteiger partial charge in [0, 0.05) is 5.39 Å². The summed E-state index contributed by atoms with van der Waals surface area (Å²) in [6.07, 6.45) is 0. The van der Waals surface area contributed by atoms with Gasteiger partial charge in [0.15, 0.2) is 12.7 Å². The number of ether oxygens (including phenoxy) is 1. The van der Waals surface area contributed by atoms with Crippen molar-refractivity contribution in [2.75, 3.05) is 12.1 Å². The highest BCUT2D eigenvalue weighted by Gasteiger charge is 2.36. The van der Waals surface area contributed by atoms with E-state index in [-0.39, 0.29) is 5.56 Å². The van der Waals surface area contributed by atoms with Crippen LogP contribution in [0.4, 0.5) is 11.4 Å². The first-order valence-electron chi connectivity index (χ1n) is 9.50. The molecule has 5 nitrogen and oxygen atoms in total. The fraction of sp³-hybridized carbons (Fsp3) is 0.0833. The summed E-state index contributed by atoms with van der Waals surface area (Å²) in [6.45, 7) is 1.90. The van der Waals surface area contributed by atoms with Gasteiger partial charge in [0.1, 0.15) is 5.69 Å². The molecule has 0 fully saturated rings. The Kier molecular flexibility index (Phi) is 3.95. The Morgan fingerprint density at radius 1 is 0.759 bits per heavy atom. The van der Waals surface area contributed by atoms with Crippen LogP contribution in [-0.4, -0.2) is 22.2 Å². The van der Waals surface area contributed by atoms with E-state index < -0.39 is 0 Å². The first kappa shape index (κ1) is 17.3. The highest BCUT2D eigenvalue weighted by Crippen LogP contribution is 2.41. The predicted octanol–water partition coefficient (Wildman–Crippen LogP) is 4.50. The maximum Gasteiger partial charge on any atom is 0.369 e. The molecule has 5 rings (SSSR count). The summed E-state index contributed by atoms with van der Waals surface area (Å²) in [5.41, 5.74) is 2.49. The van der Waals surface area contributed by atoms with Crippen molar-refractivity contribution in [1.29, 1.82) is 0 Å². The Bertz CT molecular complexity index is 1310. The van der Waals surface area contributed by atoms with Crippen LogP contribution >= 0.6 is 0 Å². The summed E-state index contributed by atoms with van der Waals surface area (Å²) in [7, 11) is 1.96. The summed E-state index contributed by atoms with van der Waals surface area (Å²) in [6, 6.07) is 27.4. The minimum Gasteiger partial charge on any atom is -0.387 e. The third-order valence-corrected chi connectivity index (χ3v) is 5.25. The molecular formula is C24H20N3O2+. The number of fused-ring (bicyclic) bond motifs is 3. The number of aromatic nitrogens is 1. The molecule has 0 saturated heterocycles. The van der Waals surface area contributed by atoms with Crippen LogP contribution in [0.1, 0.15) is 6.92 Å². The van der Waals surface area contributed by atoms with Gasteiger partial charge in [-0.2, -0.15) is 0 Å². The molecule has 0 spiro atoms. The van der Waals surface area contributed by atoms with E-state index in [9.17, 15) is 4.79 Å². The first-order chi connectivity index (χ1) is 14.2. The molecular weight excluding hydrogens is 362 g/mol. The van der Waals surface area contributed by atoms with Crippen LogP contribution in [0.15, 0.2) is 89.7 Å². The lowest BCUT2D eigenvalue weighted by molar-refractivity contribution is -0.510. The van der Waals surface area contributed by atoms with Crippen LogP contribution in [0.2, 0.25) is 0 Å². The van der Waals surface area contributed by atoms with E-state index in [0.29, 0.717) is 17.2 Å². The van der Waals surface area contributed by atoms with Gasteiger partial charge in [0.25, 0.3) is 5.56 Å². The summed E-state index contributed by atoms with van der Waals surface area (Å²) in [4.78, 5) is 13.5. The molecule has 1 aromatic heterocycles. The number of para-hydroxylation sites is 2. The zero-order valence-corrected chi connectivity index (χ0v) is 16.2. The fourth-order valence-electron chi connectivity index (χ4n) is 3.79. The maximum absolute atomic E-state index is 13.5. The Labute approximate surface area is 168 Å². The Morgan fingerprint density at radius 3 is 1.97 bits per heavy atom. The summed E-state index contributed by atoms with van der Waals surface area (Å²) in [5.74, 6) is 1.19. The highest BCUT2D eigenvalue weighted by atomic mass is 16.5. The van der Waals surface area contributed by atoms with E-state index in [2.05, 4.69) is 5.01 Å². The molecule has 0 atom stereocenters. The van der Waals surface area contributed by atoms with E-state index in [1.165, 1.54) is 0 Å². The number of hydrazine groups is 1. The lowest BCUT2D eigenvalue weighted by Gasteiger charge is -2.28. The molecule has 0 amide bonds. The van der Waals surface area contributed by atoms with Crippen molar-refractivity contribution < 1.29 is 9.42 Å². The largest absolute Gasteiger partial charge is 0.387 e. The van der Waals surface area contributed by atoms with Crippen molar-refractivity contribution in [2.24, 2.45) is 0 Å². The number of hydrazone groups is 1. The molecule has 3 aromatic carbocycles. The van der Waals surface area contributed by atoms with E-state index >= 15 is 0 Å². The number of benzene rings is 3. The van der Waals surface area contributed by atoms with Crippen molar-refractivity contribution >= 4 is 28.0 Å². The van der Waals surface area contributed by atoms with Gasteiger partial charge in [-0.25, -0.2) is 4.57 Å². The van der Waals surface area contributed by atoms with Crippen molar-refractivity contribution in [3.8, 4) is 11.6 Å². The Hall–Kier alpha value is -3.86. The SMILES string of the molecule is CC1=[N+](C)N(c2ccccc2)c2c(n(-c3ccccc3)c(=O)c3ccccc23)O1. The standard InChI is InChI=1S/C24H20N3O2/c1-17-25(2)27(19-13-7-4-8-14-19)22-20-15-9-10-16-21(20)23(28)26(24(22)29-17)18-11-5-3-6-12-18/h3-16H,1-2H3/q+1. The van der Waals surface area contributed by atoms with Crippen molar-refractivity contribution in [1.82, 2.24) is 4.57 Å². The number of hydrogen-bond acceptors (Lipinski definition) is 3. The molecule has 5 heteroatoms. The van der Waals surface area contributed by atoms with Gasteiger partial charge in [-0.3, -0.25) is 4.79 Å². The van der Waals surface area contributed by atoms with Crippen LogP contribution in [0.5, 0.6) is 5.88 Å². The van der Waals surface area contributed by atoms with Gasteiger partial charge in [-0.15, -0.1) is 5.01 Å². The van der Waals surface area contributed by atoms with E-state index in [1.807, 2.05) is 104 Å². The second-order valence-corrected chi connectivity index (χ2v) is 6.97. The van der Waals surface area contributed by atoms with Crippen LogP contribution in [0.3, 0.4) is 0 Å². The summed E-state index contributed by atoms with van der Waals surface area (Å²) in [5, 5.41) is 3.59. The topological polar surface area (TPSA) is 37.5 Å². The number of rotatable bonds is 2. The van der Waals surface area contributed by atoms with Gasteiger partial charge >= 0.3 is 5.90 Å². The maximum atomic E-state index is 13.5.